The summed E-state index contributed by atoms with van der Waals surface area (Å²) in [6.07, 6.45) is 3.80. The van der Waals surface area contributed by atoms with E-state index >= 15 is 0 Å². The molecule has 2 heterocycles. The SMILES string of the molecule is CCCc1nnsc1CNCc1ccco1. The summed E-state index contributed by atoms with van der Waals surface area (Å²) < 4.78 is 9.22. The van der Waals surface area contributed by atoms with Crippen molar-refractivity contribution in [2.45, 2.75) is 32.9 Å². The van der Waals surface area contributed by atoms with E-state index in [1.165, 1.54) is 16.4 Å². The number of hydrogen-bond acceptors (Lipinski definition) is 5. The van der Waals surface area contributed by atoms with Crippen LogP contribution < -0.4 is 5.32 Å². The van der Waals surface area contributed by atoms with Gasteiger partial charge in [-0.1, -0.05) is 17.8 Å². The molecule has 16 heavy (non-hydrogen) atoms. The van der Waals surface area contributed by atoms with Crippen molar-refractivity contribution in [1.82, 2.24) is 14.9 Å². The molecule has 0 amide bonds. The third-order valence-electron chi connectivity index (χ3n) is 2.29. The predicted molar refractivity (Wildman–Crippen MR) is 63.2 cm³/mol. The zero-order chi connectivity index (χ0) is 11.2. The zero-order valence-corrected chi connectivity index (χ0v) is 10.1. The molecule has 0 fully saturated rings. The van der Waals surface area contributed by atoms with Crippen LogP contribution >= 0.6 is 11.5 Å². The highest BCUT2D eigenvalue weighted by Crippen LogP contribution is 2.12. The van der Waals surface area contributed by atoms with Gasteiger partial charge in [0, 0.05) is 6.54 Å². The van der Waals surface area contributed by atoms with Gasteiger partial charge in [-0.15, -0.1) is 5.10 Å². The van der Waals surface area contributed by atoms with Crippen LogP contribution in [0.15, 0.2) is 22.8 Å². The number of nitrogens with zero attached hydrogens (tertiary/aromatic N) is 2. The Morgan fingerprint density at radius 2 is 2.38 bits per heavy atom. The lowest BCUT2D eigenvalue weighted by atomic mass is 10.2. The summed E-state index contributed by atoms with van der Waals surface area (Å²) in [5.74, 6) is 0.953. The summed E-state index contributed by atoms with van der Waals surface area (Å²) in [6.45, 7) is 3.71. The average Bonchev–Trinajstić information content (AvgIpc) is 2.91. The van der Waals surface area contributed by atoms with Crippen LogP contribution in [0, 0.1) is 0 Å². The van der Waals surface area contributed by atoms with Crippen LogP contribution in [-0.4, -0.2) is 9.59 Å². The topological polar surface area (TPSA) is 51.0 Å². The predicted octanol–water partition coefficient (Wildman–Crippen LogP) is 2.37. The quantitative estimate of drug-likeness (QED) is 0.838. The Labute approximate surface area is 98.8 Å². The van der Waals surface area contributed by atoms with E-state index in [2.05, 4.69) is 21.8 Å². The highest BCUT2D eigenvalue weighted by atomic mass is 32.1. The molecule has 0 saturated carbocycles. The van der Waals surface area contributed by atoms with E-state index < -0.39 is 0 Å². The van der Waals surface area contributed by atoms with E-state index in [-0.39, 0.29) is 0 Å². The average molecular weight is 237 g/mol. The Kier molecular flexibility index (Phi) is 4.07. The molecule has 0 radical (unpaired) electrons. The molecule has 0 unspecified atom stereocenters. The van der Waals surface area contributed by atoms with E-state index in [9.17, 15) is 0 Å². The van der Waals surface area contributed by atoms with Crippen molar-refractivity contribution < 1.29 is 4.42 Å². The normalized spacial score (nSPS) is 10.8. The molecule has 0 aliphatic carbocycles. The smallest absolute Gasteiger partial charge is 0.117 e. The zero-order valence-electron chi connectivity index (χ0n) is 9.27. The molecule has 0 atom stereocenters. The molecule has 2 aromatic rings. The maximum absolute atomic E-state index is 5.24. The van der Waals surface area contributed by atoms with Gasteiger partial charge in [-0.2, -0.15) is 0 Å². The molecule has 0 spiro atoms. The van der Waals surface area contributed by atoms with Crippen molar-refractivity contribution in [3.63, 3.8) is 0 Å². The van der Waals surface area contributed by atoms with Gasteiger partial charge in [0.25, 0.3) is 0 Å². The molecular weight excluding hydrogens is 222 g/mol. The van der Waals surface area contributed by atoms with Gasteiger partial charge in [0.2, 0.25) is 0 Å². The lowest BCUT2D eigenvalue weighted by molar-refractivity contribution is 0.483. The van der Waals surface area contributed by atoms with E-state index in [0.717, 1.165) is 37.4 Å². The third kappa shape index (κ3) is 2.90. The Bertz CT molecular complexity index is 411. The van der Waals surface area contributed by atoms with Gasteiger partial charge in [0.1, 0.15) is 5.76 Å². The van der Waals surface area contributed by atoms with E-state index in [1.807, 2.05) is 12.1 Å². The molecular formula is C11H15N3OS. The minimum absolute atomic E-state index is 0.746. The van der Waals surface area contributed by atoms with Gasteiger partial charge in [0.05, 0.1) is 23.4 Å². The number of hydrogen-bond donors (Lipinski definition) is 1. The summed E-state index contributed by atoms with van der Waals surface area (Å²) in [5, 5.41) is 7.45. The lowest BCUT2D eigenvalue weighted by Crippen LogP contribution is -2.12. The van der Waals surface area contributed by atoms with Gasteiger partial charge >= 0.3 is 0 Å². The van der Waals surface area contributed by atoms with Crippen LogP contribution in [0.1, 0.15) is 29.7 Å². The van der Waals surface area contributed by atoms with Gasteiger partial charge in [-0.25, -0.2) is 0 Å². The van der Waals surface area contributed by atoms with Crippen LogP contribution in [-0.2, 0) is 19.5 Å². The molecule has 0 aromatic carbocycles. The van der Waals surface area contributed by atoms with Gasteiger partial charge in [-0.3, -0.25) is 0 Å². The van der Waals surface area contributed by atoms with Gasteiger partial charge < -0.3 is 9.73 Å². The fourth-order valence-corrected chi connectivity index (χ4v) is 2.15. The summed E-state index contributed by atoms with van der Waals surface area (Å²) in [6, 6.07) is 3.86. The standard InChI is InChI=1S/C11H15N3OS/c1-2-4-10-11(16-14-13-10)8-12-7-9-5-3-6-15-9/h3,5-6,12H,2,4,7-8H2,1H3. The van der Waals surface area contributed by atoms with E-state index in [0.29, 0.717) is 0 Å². The van der Waals surface area contributed by atoms with Crippen LogP contribution in [0.4, 0.5) is 0 Å². The van der Waals surface area contributed by atoms with Crippen LogP contribution in [0.5, 0.6) is 0 Å². The van der Waals surface area contributed by atoms with Gasteiger partial charge in [0.15, 0.2) is 0 Å². The molecule has 0 aliphatic rings. The maximum Gasteiger partial charge on any atom is 0.117 e. The first-order chi connectivity index (χ1) is 7.90. The summed E-state index contributed by atoms with van der Waals surface area (Å²) in [5.41, 5.74) is 1.12. The third-order valence-corrected chi connectivity index (χ3v) is 3.05. The van der Waals surface area contributed by atoms with Crippen molar-refractivity contribution in [2.24, 2.45) is 0 Å². The highest BCUT2D eigenvalue weighted by Gasteiger charge is 2.06. The number of rotatable bonds is 6. The second-order valence-electron chi connectivity index (χ2n) is 3.58. The second kappa shape index (κ2) is 5.77. The molecule has 4 nitrogen and oxygen atoms in total. The molecule has 86 valence electrons. The van der Waals surface area contributed by atoms with Crippen molar-refractivity contribution in [3.8, 4) is 0 Å². The number of furan rings is 1. The van der Waals surface area contributed by atoms with Crippen molar-refractivity contribution >= 4 is 11.5 Å². The molecule has 0 saturated heterocycles. The molecule has 0 aliphatic heterocycles. The second-order valence-corrected chi connectivity index (χ2v) is 4.41. The van der Waals surface area contributed by atoms with Crippen molar-refractivity contribution in [3.05, 3.63) is 34.7 Å². The first-order valence-electron chi connectivity index (χ1n) is 5.43. The summed E-state index contributed by atoms with van der Waals surface area (Å²) in [4.78, 5) is 1.23. The first-order valence-corrected chi connectivity index (χ1v) is 6.20. The molecule has 2 rings (SSSR count). The molecule has 0 bridgehead atoms. The fourth-order valence-electron chi connectivity index (χ4n) is 1.50. The van der Waals surface area contributed by atoms with Crippen LogP contribution in [0.3, 0.4) is 0 Å². The molecule has 1 N–H and O–H groups in total. The van der Waals surface area contributed by atoms with Crippen molar-refractivity contribution in [2.75, 3.05) is 0 Å². The number of nitrogens with one attached hydrogen (secondary N) is 1. The summed E-state index contributed by atoms with van der Waals surface area (Å²) >= 11 is 1.47. The Balaban J connectivity index is 1.82. The first kappa shape index (κ1) is 11.3. The van der Waals surface area contributed by atoms with Crippen LogP contribution in [0.25, 0.3) is 0 Å². The number of aryl methyl sites for hydroxylation is 1. The monoisotopic (exact) mass is 237 g/mol. The molecule has 2 aromatic heterocycles. The minimum atomic E-state index is 0.746. The number of aromatic nitrogens is 2. The largest absolute Gasteiger partial charge is 0.468 e. The highest BCUT2D eigenvalue weighted by molar-refractivity contribution is 7.05. The van der Waals surface area contributed by atoms with E-state index in [1.54, 1.807) is 6.26 Å². The maximum atomic E-state index is 5.24. The fraction of sp³-hybridized carbons (Fsp3) is 0.455. The van der Waals surface area contributed by atoms with Gasteiger partial charge in [-0.05, 0) is 30.1 Å². The van der Waals surface area contributed by atoms with E-state index in [4.69, 9.17) is 4.42 Å². The lowest BCUT2D eigenvalue weighted by Gasteiger charge is -2.01. The Hall–Kier alpha value is -1.20. The minimum Gasteiger partial charge on any atom is -0.468 e. The van der Waals surface area contributed by atoms with Crippen molar-refractivity contribution in [1.29, 1.82) is 0 Å². The Morgan fingerprint density at radius 1 is 1.44 bits per heavy atom. The van der Waals surface area contributed by atoms with Crippen LogP contribution in [0.2, 0.25) is 0 Å². The Morgan fingerprint density at radius 3 is 3.12 bits per heavy atom. The molecule has 5 heteroatoms. The summed E-state index contributed by atoms with van der Waals surface area (Å²) in [7, 11) is 0.